The topological polar surface area (TPSA) is 59.1 Å². The van der Waals surface area contributed by atoms with Crippen LogP contribution >= 0.6 is 23.3 Å². The van der Waals surface area contributed by atoms with Gasteiger partial charge < -0.3 is 15.4 Å². The normalized spacial score (nSPS) is 19.6. The van der Waals surface area contributed by atoms with Crippen LogP contribution in [0, 0.1) is 6.92 Å². The number of nitrogens with zero attached hydrogens (tertiary/aromatic N) is 2. The Kier molecular flexibility index (Phi) is 7.16. The summed E-state index contributed by atoms with van der Waals surface area (Å²) >= 11 is 3.52. The molecule has 0 saturated carbocycles. The van der Waals surface area contributed by atoms with Gasteiger partial charge in [-0.15, -0.1) is 5.10 Å². The van der Waals surface area contributed by atoms with E-state index in [2.05, 4.69) is 44.5 Å². The third-order valence-corrected chi connectivity index (χ3v) is 7.17. The maximum absolute atomic E-state index is 5.91. The molecule has 2 heterocycles. The highest BCUT2D eigenvalue weighted by molar-refractivity contribution is 7.99. The van der Waals surface area contributed by atoms with Crippen molar-refractivity contribution in [1.29, 1.82) is 0 Å². The predicted octanol–water partition coefficient (Wildman–Crippen LogP) is 4.56. The molecule has 1 aliphatic heterocycles. The Morgan fingerprint density at radius 2 is 1.90 bits per heavy atom. The van der Waals surface area contributed by atoms with Crippen LogP contribution in [0.3, 0.4) is 0 Å². The molecule has 7 heteroatoms. The van der Waals surface area contributed by atoms with Crippen molar-refractivity contribution in [3.8, 4) is 11.5 Å². The molecule has 2 aromatic carbocycles. The molecule has 0 bridgehead atoms. The second-order valence-electron chi connectivity index (χ2n) is 7.15. The second kappa shape index (κ2) is 10.2. The van der Waals surface area contributed by atoms with E-state index in [9.17, 15) is 0 Å². The zero-order chi connectivity index (χ0) is 19.9. The quantitative estimate of drug-likeness (QED) is 0.577. The average Bonchev–Trinajstić information content (AvgIpc) is 3.01. The van der Waals surface area contributed by atoms with Crippen molar-refractivity contribution in [3.63, 3.8) is 0 Å². The van der Waals surface area contributed by atoms with Gasteiger partial charge in [0.1, 0.15) is 11.5 Å². The van der Waals surface area contributed by atoms with Crippen LogP contribution < -0.4 is 15.4 Å². The van der Waals surface area contributed by atoms with E-state index in [1.54, 1.807) is 0 Å². The van der Waals surface area contributed by atoms with Gasteiger partial charge in [0, 0.05) is 30.9 Å². The zero-order valence-corrected chi connectivity index (χ0v) is 18.1. The van der Waals surface area contributed by atoms with Gasteiger partial charge in [0.25, 0.3) is 0 Å². The summed E-state index contributed by atoms with van der Waals surface area (Å²) in [5.74, 6) is 2.90. The van der Waals surface area contributed by atoms with Crippen LogP contribution in [-0.4, -0.2) is 34.5 Å². The second-order valence-corrected chi connectivity index (χ2v) is 9.30. The Hall–Kier alpha value is -1.93. The van der Waals surface area contributed by atoms with Crippen LogP contribution in [0.4, 0.5) is 0 Å². The Labute approximate surface area is 180 Å². The number of ether oxygens (including phenoxy) is 1. The summed E-state index contributed by atoms with van der Waals surface area (Å²) in [5.41, 5.74) is 2.38. The van der Waals surface area contributed by atoms with E-state index >= 15 is 0 Å². The lowest BCUT2D eigenvalue weighted by molar-refractivity contribution is 0.472. The molecule has 1 aliphatic rings. The molecule has 152 valence electrons. The van der Waals surface area contributed by atoms with Crippen LogP contribution in [0.2, 0.25) is 0 Å². The van der Waals surface area contributed by atoms with Crippen molar-refractivity contribution < 1.29 is 4.74 Å². The lowest BCUT2D eigenvalue weighted by atomic mass is 10.1. The molecule has 3 aromatic rings. The van der Waals surface area contributed by atoms with Crippen molar-refractivity contribution in [2.45, 2.75) is 31.2 Å². The van der Waals surface area contributed by atoms with Gasteiger partial charge in [-0.2, -0.15) is 11.8 Å². The molecule has 0 aliphatic carbocycles. The first-order valence-corrected chi connectivity index (χ1v) is 11.8. The molecule has 1 aromatic heterocycles. The molecular formula is C22H26N4OS2. The number of thioether (sulfide) groups is 1. The van der Waals surface area contributed by atoms with Crippen molar-refractivity contribution in [2.75, 3.05) is 18.8 Å². The minimum Gasteiger partial charge on any atom is -0.457 e. The summed E-state index contributed by atoms with van der Waals surface area (Å²) in [6, 6.07) is 18.9. The Morgan fingerprint density at radius 3 is 2.66 bits per heavy atom. The number of hydrogen-bond donors (Lipinski definition) is 2. The molecule has 0 unspecified atom stereocenters. The number of para-hydroxylation sites is 1. The number of rotatable bonds is 7. The number of benzene rings is 2. The van der Waals surface area contributed by atoms with E-state index in [1.807, 2.05) is 49.0 Å². The molecule has 1 saturated heterocycles. The number of nitrogens with one attached hydrogen (secondary N) is 2. The summed E-state index contributed by atoms with van der Waals surface area (Å²) in [4.78, 5) is 1.23. The number of hydrogen-bond acceptors (Lipinski definition) is 7. The molecule has 2 atom stereocenters. The van der Waals surface area contributed by atoms with E-state index in [0.29, 0.717) is 11.3 Å². The van der Waals surface area contributed by atoms with Crippen LogP contribution in [0.15, 0.2) is 54.6 Å². The van der Waals surface area contributed by atoms with Gasteiger partial charge in [0.2, 0.25) is 0 Å². The number of aromatic nitrogens is 2. The average molecular weight is 427 g/mol. The summed E-state index contributed by atoms with van der Waals surface area (Å²) in [7, 11) is 0. The lowest BCUT2D eigenvalue weighted by Gasteiger charge is -2.18. The first-order chi connectivity index (χ1) is 14.3. The van der Waals surface area contributed by atoms with Crippen molar-refractivity contribution in [1.82, 2.24) is 20.2 Å². The third kappa shape index (κ3) is 5.79. The van der Waals surface area contributed by atoms with Crippen LogP contribution in [-0.2, 0) is 6.54 Å². The van der Waals surface area contributed by atoms with Gasteiger partial charge in [-0.25, -0.2) is 0 Å². The standard InChI is InChI=1S/C22H26N4OS2/c1-16-21(29-26-25-16)14-23-13-18-11-12-28-22(15-24-18)17-7-9-20(10-8-17)27-19-5-3-2-4-6-19/h2-10,18,22-24H,11-15H2,1H3/t18-,22-/m0/s1. The fourth-order valence-electron chi connectivity index (χ4n) is 3.32. The summed E-state index contributed by atoms with van der Waals surface area (Å²) in [5, 5.41) is 11.8. The molecule has 0 spiro atoms. The minimum absolute atomic E-state index is 0.471. The van der Waals surface area contributed by atoms with E-state index in [0.717, 1.165) is 42.6 Å². The molecule has 0 radical (unpaired) electrons. The Bertz CT molecular complexity index is 885. The van der Waals surface area contributed by atoms with E-state index in [-0.39, 0.29) is 0 Å². The van der Waals surface area contributed by atoms with Crippen molar-refractivity contribution in [3.05, 3.63) is 70.7 Å². The molecule has 2 N–H and O–H groups in total. The maximum atomic E-state index is 5.91. The largest absolute Gasteiger partial charge is 0.457 e. The minimum atomic E-state index is 0.471. The van der Waals surface area contributed by atoms with Gasteiger partial charge in [-0.1, -0.05) is 34.8 Å². The van der Waals surface area contributed by atoms with Gasteiger partial charge in [0.15, 0.2) is 0 Å². The maximum Gasteiger partial charge on any atom is 0.127 e. The van der Waals surface area contributed by atoms with Crippen LogP contribution in [0.5, 0.6) is 11.5 Å². The lowest BCUT2D eigenvalue weighted by Crippen LogP contribution is -2.39. The smallest absolute Gasteiger partial charge is 0.127 e. The van der Waals surface area contributed by atoms with Gasteiger partial charge in [-0.05, 0) is 60.5 Å². The molecule has 4 rings (SSSR count). The Morgan fingerprint density at radius 1 is 1.10 bits per heavy atom. The first kappa shape index (κ1) is 20.3. The van der Waals surface area contributed by atoms with Crippen LogP contribution in [0.1, 0.15) is 27.8 Å². The first-order valence-electron chi connectivity index (χ1n) is 9.94. The van der Waals surface area contributed by atoms with Gasteiger partial charge >= 0.3 is 0 Å². The highest BCUT2D eigenvalue weighted by atomic mass is 32.2. The zero-order valence-electron chi connectivity index (χ0n) is 16.5. The predicted molar refractivity (Wildman–Crippen MR) is 121 cm³/mol. The van der Waals surface area contributed by atoms with Gasteiger partial charge in [0.05, 0.1) is 10.6 Å². The third-order valence-electron chi connectivity index (χ3n) is 5.03. The van der Waals surface area contributed by atoms with E-state index in [4.69, 9.17) is 4.74 Å². The van der Waals surface area contributed by atoms with Gasteiger partial charge in [-0.3, -0.25) is 0 Å². The number of aryl methyl sites for hydroxylation is 1. The highest BCUT2D eigenvalue weighted by Gasteiger charge is 2.20. The molecule has 29 heavy (non-hydrogen) atoms. The van der Waals surface area contributed by atoms with Crippen LogP contribution in [0.25, 0.3) is 0 Å². The summed E-state index contributed by atoms with van der Waals surface area (Å²) in [6.07, 6.45) is 1.17. The van der Waals surface area contributed by atoms with E-state index in [1.165, 1.54) is 28.4 Å². The summed E-state index contributed by atoms with van der Waals surface area (Å²) < 4.78 is 9.91. The monoisotopic (exact) mass is 426 g/mol. The fraction of sp³-hybridized carbons (Fsp3) is 0.364. The Balaban J connectivity index is 1.26. The molecule has 0 amide bonds. The molecular weight excluding hydrogens is 400 g/mol. The fourth-order valence-corrected chi connectivity index (χ4v) is 5.19. The molecule has 1 fully saturated rings. The molecule has 5 nitrogen and oxygen atoms in total. The van der Waals surface area contributed by atoms with Crippen molar-refractivity contribution >= 4 is 23.3 Å². The SMILES string of the molecule is Cc1nnsc1CNC[C@@H]1CCS[C@H](c2ccc(Oc3ccccc3)cc2)CN1. The van der Waals surface area contributed by atoms with E-state index < -0.39 is 0 Å². The van der Waals surface area contributed by atoms with Crippen molar-refractivity contribution in [2.24, 2.45) is 0 Å². The highest BCUT2D eigenvalue weighted by Crippen LogP contribution is 2.32. The summed E-state index contributed by atoms with van der Waals surface area (Å²) in [6.45, 7) is 4.81.